The van der Waals surface area contributed by atoms with E-state index >= 15 is 0 Å². The number of carbonyl (C=O) groups excluding carboxylic acids is 2. The second-order valence-corrected chi connectivity index (χ2v) is 6.90. The van der Waals surface area contributed by atoms with Crippen LogP contribution in [-0.4, -0.2) is 46.5 Å². The highest BCUT2D eigenvalue weighted by molar-refractivity contribution is 5.78. The highest BCUT2D eigenvalue weighted by atomic mass is 16.5. The van der Waals surface area contributed by atoms with E-state index < -0.39 is 0 Å². The van der Waals surface area contributed by atoms with Gasteiger partial charge in [-0.2, -0.15) is 0 Å². The third-order valence-electron chi connectivity index (χ3n) is 4.86. The second kappa shape index (κ2) is 10.4. The molecule has 3 amide bonds. The maximum atomic E-state index is 12.3. The molecule has 3 rings (SSSR count). The molecule has 0 radical (unpaired) electrons. The zero-order valence-electron chi connectivity index (χ0n) is 16.6. The summed E-state index contributed by atoms with van der Waals surface area (Å²) >= 11 is 0. The topological polar surface area (TPSA) is 96.5 Å². The monoisotopic (exact) mass is 397 g/mol. The van der Waals surface area contributed by atoms with Gasteiger partial charge >= 0.3 is 6.03 Å². The fourth-order valence-corrected chi connectivity index (χ4v) is 3.30. The fourth-order valence-electron chi connectivity index (χ4n) is 3.30. The summed E-state index contributed by atoms with van der Waals surface area (Å²) in [6.07, 6.45) is 7.56. The number of nitrogens with one attached hydrogen (secondary N) is 2. The van der Waals surface area contributed by atoms with Crippen LogP contribution in [0.2, 0.25) is 0 Å². The van der Waals surface area contributed by atoms with Crippen molar-refractivity contribution in [3.8, 4) is 5.75 Å². The van der Waals surface area contributed by atoms with Gasteiger partial charge < -0.3 is 20.3 Å². The maximum absolute atomic E-state index is 12.3. The van der Waals surface area contributed by atoms with E-state index in [1.807, 2.05) is 36.1 Å². The van der Waals surface area contributed by atoms with Gasteiger partial charge in [0.1, 0.15) is 5.75 Å². The zero-order chi connectivity index (χ0) is 20.5. The maximum Gasteiger partial charge on any atom is 0.315 e. The van der Waals surface area contributed by atoms with Crippen molar-refractivity contribution >= 4 is 11.9 Å². The van der Waals surface area contributed by atoms with Crippen LogP contribution >= 0.6 is 0 Å². The number of nitrogens with zero attached hydrogens (tertiary/aromatic N) is 3. The number of hydrogen-bond donors (Lipinski definition) is 2. The van der Waals surface area contributed by atoms with Crippen molar-refractivity contribution in [3.63, 3.8) is 0 Å². The van der Waals surface area contributed by atoms with Crippen molar-refractivity contribution in [1.82, 2.24) is 25.5 Å². The van der Waals surface area contributed by atoms with Gasteiger partial charge in [-0.15, -0.1) is 0 Å². The van der Waals surface area contributed by atoms with Crippen molar-refractivity contribution < 1.29 is 14.3 Å². The Morgan fingerprint density at radius 2 is 2.00 bits per heavy atom. The Labute approximate surface area is 170 Å². The Hall–Kier alpha value is -3.16. The van der Waals surface area contributed by atoms with Crippen molar-refractivity contribution in [2.24, 2.45) is 0 Å². The lowest BCUT2D eigenvalue weighted by molar-refractivity contribution is -0.132. The third-order valence-corrected chi connectivity index (χ3v) is 4.86. The molecule has 1 aromatic heterocycles. The summed E-state index contributed by atoms with van der Waals surface area (Å²) in [6, 6.07) is 6.95. The standard InChI is InChI=1S/C21H27N5O3/c1-2-18(25-21(28)24-14-16-13-22-9-10-23-16)17-7-3-4-8-19(17)29-15-20(27)26-11-5-6-12-26/h3-4,7-10,13,18H,2,5-6,11-12,14-15H2,1H3,(H2,24,25,28). The van der Waals surface area contributed by atoms with Crippen LogP contribution in [0.1, 0.15) is 43.5 Å². The average Bonchev–Trinajstić information content (AvgIpc) is 3.30. The lowest BCUT2D eigenvalue weighted by Crippen LogP contribution is -2.38. The van der Waals surface area contributed by atoms with Gasteiger partial charge in [-0.05, 0) is 25.3 Å². The van der Waals surface area contributed by atoms with Gasteiger partial charge in [0, 0.05) is 31.0 Å². The number of amides is 3. The molecule has 1 aromatic carbocycles. The van der Waals surface area contributed by atoms with E-state index in [1.54, 1.807) is 18.6 Å². The lowest BCUT2D eigenvalue weighted by atomic mass is 10.0. The van der Waals surface area contributed by atoms with Crippen molar-refractivity contribution in [1.29, 1.82) is 0 Å². The first-order valence-electron chi connectivity index (χ1n) is 9.96. The second-order valence-electron chi connectivity index (χ2n) is 6.90. The number of carbonyl (C=O) groups is 2. The van der Waals surface area contributed by atoms with E-state index in [-0.39, 0.29) is 24.6 Å². The van der Waals surface area contributed by atoms with E-state index in [4.69, 9.17) is 4.74 Å². The summed E-state index contributed by atoms with van der Waals surface area (Å²) in [4.78, 5) is 34.6. The molecule has 1 aliphatic rings. The molecule has 29 heavy (non-hydrogen) atoms. The lowest BCUT2D eigenvalue weighted by Gasteiger charge is -2.22. The molecule has 0 bridgehead atoms. The van der Waals surface area contributed by atoms with Gasteiger partial charge in [0.15, 0.2) is 6.61 Å². The van der Waals surface area contributed by atoms with Gasteiger partial charge in [0.05, 0.1) is 24.5 Å². The number of ether oxygens (including phenoxy) is 1. The summed E-state index contributed by atoms with van der Waals surface area (Å²) in [5, 5.41) is 5.75. The van der Waals surface area contributed by atoms with Crippen LogP contribution in [0.3, 0.4) is 0 Å². The largest absolute Gasteiger partial charge is 0.483 e. The molecule has 8 heteroatoms. The van der Waals surface area contributed by atoms with Crippen LogP contribution in [-0.2, 0) is 11.3 Å². The Morgan fingerprint density at radius 3 is 2.72 bits per heavy atom. The summed E-state index contributed by atoms with van der Waals surface area (Å²) in [5.41, 5.74) is 1.53. The Morgan fingerprint density at radius 1 is 1.21 bits per heavy atom. The number of likely N-dealkylation sites (tertiary alicyclic amines) is 1. The Bertz CT molecular complexity index is 809. The van der Waals surface area contributed by atoms with Crippen LogP contribution in [0.4, 0.5) is 4.79 Å². The predicted molar refractivity (Wildman–Crippen MR) is 108 cm³/mol. The number of urea groups is 1. The van der Waals surface area contributed by atoms with Crippen LogP contribution < -0.4 is 15.4 Å². The molecule has 1 aliphatic heterocycles. The highest BCUT2D eigenvalue weighted by Gasteiger charge is 2.20. The first-order valence-corrected chi connectivity index (χ1v) is 9.96. The molecule has 154 valence electrons. The summed E-state index contributed by atoms with van der Waals surface area (Å²) < 4.78 is 5.82. The van der Waals surface area contributed by atoms with Crippen molar-refractivity contribution in [3.05, 3.63) is 54.1 Å². The van der Waals surface area contributed by atoms with E-state index in [0.29, 0.717) is 24.4 Å². The Balaban J connectivity index is 1.58. The van der Waals surface area contributed by atoms with Crippen molar-refractivity contribution in [2.75, 3.05) is 19.7 Å². The van der Waals surface area contributed by atoms with Crippen LogP contribution in [0, 0.1) is 0 Å². The van der Waals surface area contributed by atoms with E-state index in [2.05, 4.69) is 20.6 Å². The first kappa shape index (κ1) is 20.6. The minimum Gasteiger partial charge on any atom is -0.483 e. The van der Waals surface area contributed by atoms with Crippen LogP contribution in [0.15, 0.2) is 42.9 Å². The molecule has 1 saturated heterocycles. The molecule has 2 N–H and O–H groups in total. The van der Waals surface area contributed by atoms with E-state index in [1.165, 1.54) is 0 Å². The molecule has 1 atom stereocenters. The summed E-state index contributed by atoms with van der Waals surface area (Å²) in [5.74, 6) is 0.612. The normalized spacial score (nSPS) is 14.3. The number of benzene rings is 1. The summed E-state index contributed by atoms with van der Waals surface area (Å²) in [6.45, 7) is 3.88. The van der Waals surface area contributed by atoms with Gasteiger partial charge in [0.2, 0.25) is 0 Å². The zero-order valence-corrected chi connectivity index (χ0v) is 16.6. The van der Waals surface area contributed by atoms with Crippen molar-refractivity contribution in [2.45, 2.75) is 38.8 Å². The minimum absolute atomic E-state index is 0.0000225. The number of rotatable bonds is 8. The van der Waals surface area contributed by atoms with E-state index in [9.17, 15) is 9.59 Å². The molecule has 0 aliphatic carbocycles. The number of aromatic nitrogens is 2. The molecular formula is C21H27N5O3. The highest BCUT2D eigenvalue weighted by Crippen LogP contribution is 2.27. The fraction of sp³-hybridized carbons (Fsp3) is 0.429. The Kier molecular flexibility index (Phi) is 7.38. The molecule has 1 unspecified atom stereocenters. The van der Waals surface area contributed by atoms with Crippen LogP contribution in [0.25, 0.3) is 0 Å². The molecule has 0 saturated carbocycles. The number of hydrogen-bond acceptors (Lipinski definition) is 5. The quantitative estimate of drug-likeness (QED) is 0.713. The first-order chi connectivity index (χ1) is 14.2. The van der Waals surface area contributed by atoms with Crippen LogP contribution in [0.5, 0.6) is 5.75 Å². The van der Waals surface area contributed by atoms with E-state index in [0.717, 1.165) is 31.5 Å². The number of para-hydroxylation sites is 1. The predicted octanol–water partition coefficient (Wildman–Crippen LogP) is 2.43. The van der Waals surface area contributed by atoms with Gasteiger partial charge in [-0.3, -0.25) is 14.8 Å². The third kappa shape index (κ3) is 5.91. The van der Waals surface area contributed by atoms with Gasteiger partial charge in [-0.1, -0.05) is 25.1 Å². The molecule has 2 aromatic rings. The average molecular weight is 397 g/mol. The molecule has 0 spiro atoms. The smallest absolute Gasteiger partial charge is 0.315 e. The minimum atomic E-state index is -0.301. The van der Waals surface area contributed by atoms with Gasteiger partial charge in [-0.25, -0.2) is 4.79 Å². The molecule has 8 nitrogen and oxygen atoms in total. The molecule has 1 fully saturated rings. The molecule has 2 heterocycles. The SMILES string of the molecule is CCC(NC(=O)NCc1cnccn1)c1ccccc1OCC(=O)N1CCCC1. The molecular weight excluding hydrogens is 370 g/mol. The summed E-state index contributed by atoms with van der Waals surface area (Å²) in [7, 11) is 0. The van der Waals surface area contributed by atoms with Gasteiger partial charge in [0.25, 0.3) is 5.91 Å².